The zero-order chi connectivity index (χ0) is 31.4. The second-order valence-electron chi connectivity index (χ2n) is 9.53. The average Bonchev–Trinajstić information content (AvgIpc) is 3.44. The number of pyridine rings is 2. The predicted molar refractivity (Wildman–Crippen MR) is 159 cm³/mol. The van der Waals surface area contributed by atoms with Crippen LogP contribution >= 0.6 is 11.6 Å². The van der Waals surface area contributed by atoms with Crippen LogP contribution in [0.3, 0.4) is 0 Å². The zero-order valence-electron chi connectivity index (χ0n) is 23.5. The summed E-state index contributed by atoms with van der Waals surface area (Å²) in [5.74, 6) is -1.90. The van der Waals surface area contributed by atoms with Gasteiger partial charge in [0.15, 0.2) is 5.60 Å². The van der Waals surface area contributed by atoms with Gasteiger partial charge in [0.05, 0.1) is 28.8 Å². The number of imidazole rings is 1. The van der Waals surface area contributed by atoms with Gasteiger partial charge in [-0.3, -0.25) is 4.98 Å². The van der Waals surface area contributed by atoms with Crippen molar-refractivity contribution in [2.75, 3.05) is 18.0 Å². The number of carboxylic acids is 1. The molecular formula is C31H29ClF3N5O3. The standard InChI is InChI=1S/C29H28ClN5O.C2HF3O2/c1-4-35(5-2)28-26(20-9-7-6-8-10-20)27(30)23-17-22(11-12-24(23)33-28)29(36,21-13-15-31-16-14-21)25-18-32-19-34(25)3;3-2(4,5)1(6)7/h6-19,36H,4-5H2,1-3H3;(H,6,7). The Morgan fingerprint density at radius 1 is 0.977 bits per heavy atom. The molecule has 0 saturated heterocycles. The Kier molecular flexibility index (Phi) is 9.37. The number of hydrogen-bond acceptors (Lipinski definition) is 6. The van der Waals surface area contributed by atoms with Crippen LogP contribution in [0, 0.1) is 0 Å². The summed E-state index contributed by atoms with van der Waals surface area (Å²) in [5, 5.41) is 20.8. The quantitative estimate of drug-likeness (QED) is 0.218. The first-order valence-electron chi connectivity index (χ1n) is 13.3. The molecule has 0 aliphatic heterocycles. The number of anilines is 1. The van der Waals surface area contributed by atoms with Crippen molar-refractivity contribution in [2.24, 2.45) is 7.05 Å². The highest BCUT2D eigenvalue weighted by molar-refractivity contribution is 6.38. The molecule has 12 heteroatoms. The van der Waals surface area contributed by atoms with Gasteiger partial charge in [0.1, 0.15) is 5.82 Å². The Morgan fingerprint density at radius 2 is 1.60 bits per heavy atom. The number of halogens is 4. The van der Waals surface area contributed by atoms with Gasteiger partial charge in [-0.2, -0.15) is 13.2 Å². The van der Waals surface area contributed by atoms with Crippen LogP contribution in [0.5, 0.6) is 0 Å². The third-order valence-electron chi connectivity index (χ3n) is 6.97. The van der Waals surface area contributed by atoms with Crippen LogP contribution < -0.4 is 4.90 Å². The number of fused-ring (bicyclic) bond motifs is 1. The summed E-state index contributed by atoms with van der Waals surface area (Å²) >= 11 is 7.19. The molecule has 1 atom stereocenters. The first-order chi connectivity index (χ1) is 20.4. The highest BCUT2D eigenvalue weighted by Gasteiger charge is 2.38. The van der Waals surface area contributed by atoms with Crippen molar-refractivity contribution >= 4 is 34.3 Å². The Labute approximate surface area is 251 Å². The molecule has 0 bridgehead atoms. The van der Waals surface area contributed by atoms with Gasteiger partial charge < -0.3 is 19.7 Å². The van der Waals surface area contributed by atoms with E-state index in [1.165, 1.54) is 0 Å². The second kappa shape index (κ2) is 12.8. The third kappa shape index (κ3) is 6.32. The van der Waals surface area contributed by atoms with Crippen molar-refractivity contribution in [3.63, 3.8) is 0 Å². The molecule has 2 N–H and O–H groups in total. The number of hydrogen-bond donors (Lipinski definition) is 2. The van der Waals surface area contributed by atoms with E-state index in [1.807, 2.05) is 60.1 Å². The SMILES string of the molecule is CCN(CC)c1nc2ccc(C(O)(c3ccncc3)c3cncn3C)cc2c(Cl)c1-c1ccccc1.O=C(O)C(F)(F)F. The Bertz CT molecular complexity index is 1710. The van der Waals surface area contributed by atoms with E-state index in [-0.39, 0.29) is 0 Å². The lowest BCUT2D eigenvalue weighted by Gasteiger charge is -2.30. The summed E-state index contributed by atoms with van der Waals surface area (Å²) in [6.45, 7) is 5.85. The maximum absolute atomic E-state index is 12.3. The molecule has 0 aliphatic rings. The lowest BCUT2D eigenvalue weighted by molar-refractivity contribution is -0.192. The maximum Gasteiger partial charge on any atom is 0.490 e. The van der Waals surface area contributed by atoms with E-state index in [0.29, 0.717) is 21.8 Å². The molecule has 3 aromatic heterocycles. The van der Waals surface area contributed by atoms with Gasteiger partial charge in [0.25, 0.3) is 0 Å². The topological polar surface area (TPSA) is 104 Å². The van der Waals surface area contributed by atoms with Gasteiger partial charge in [-0.05, 0) is 54.8 Å². The lowest BCUT2D eigenvalue weighted by atomic mass is 9.83. The highest BCUT2D eigenvalue weighted by atomic mass is 35.5. The van der Waals surface area contributed by atoms with E-state index >= 15 is 0 Å². The Morgan fingerprint density at radius 3 is 2.14 bits per heavy atom. The summed E-state index contributed by atoms with van der Waals surface area (Å²) < 4.78 is 33.6. The molecular weight excluding hydrogens is 583 g/mol. The minimum atomic E-state index is -5.08. The molecule has 43 heavy (non-hydrogen) atoms. The molecule has 0 radical (unpaired) electrons. The Balaban J connectivity index is 0.000000541. The molecule has 2 aromatic carbocycles. The molecule has 5 rings (SSSR count). The summed E-state index contributed by atoms with van der Waals surface area (Å²) in [6.07, 6.45) is 1.64. The van der Waals surface area contributed by atoms with Gasteiger partial charge in [0.2, 0.25) is 0 Å². The van der Waals surface area contributed by atoms with Crippen LogP contribution in [-0.2, 0) is 17.4 Å². The van der Waals surface area contributed by atoms with Crippen LogP contribution in [0.25, 0.3) is 22.0 Å². The number of aliphatic carboxylic acids is 1. The molecule has 0 saturated carbocycles. The number of aromatic nitrogens is 4. The van der Waals surface area contributed by atoms with Crippen LogP contribution in [0.1, 0.15) is 30.7 Å². The third-order valence-corrected chi connectivity index (χ3v) is 7.37. The second-order valence-corrected chi connectivity index (χ2v) is 9.91. The molecule has 5 aromatic rings. The van der Waals surface area contributed by atoms with Crippen LogP contribution in [-0.4, -0.2) is 55.0 Å². The summed E-state index contributed by atoms with van der Waals surface area (Å²) in [7, 11) is 1.87. The van der Waals surface area contributed by atoms with Crippen molar-refractivity contribution in [1.82, 2.24) is 19.5 Å². The average molecular weight is 612 g/mol. The predicted octanol–water partition coefficient (Wildman–Crippen LogP) is 6.45. The van der Waals surface area contributed by atoms with E-state index in [1.54, 1.807) is 24.9 Å². The first-order valence-corrected chi connectivity index (χ1v) is 13.6. The minimum absolute atomic E-state index is 0.608. The fraction of sp³-hybridized carbons (Fsp3) is 0.226. The number of nitrogens with zero attached hydrogens (tertiary/aromatic N) is 5. The van der Waals surface area contributed by atoms with Crippen molar-refractivity contribution in [2.45, 2.75) is 25.6 Å². The van der Waals surface area contributed by atoms with Crippen LogP contribution in [0.2, 0.25) is 5.02 Å². The van der Waals surface area contributed by atoms with Gasteiger partial charge >= 0.3 is 12.1 Å². The minimum Gasteiger partial charge on any atom is -0.475 e. The zero-order valence-corrected chi connectivity index (χ0v) is 24.3. The molecule has 0 fully saturated rings. The molecule has 8 nitrogen and oxygen atoms in total. The smallest absolute Gasteiger partial charge is 0.475 e. The van der Waals surface area contributed by atoms with Gasteiger partial charge in [-0.1, -0.05) is 48.0 Å². The Hall–Kier alpha value is -4.48. The molecule has 0 amide bonds. The monoisotopic (exact) mass is 611 g/mol. The number of aliphatic hydroxyl groups is 1. The fourth-order valence-corrected chi connectivity index (χ4v) is 5.16. The largest absolute Gasteiger partial charge is 0.490 e. The molecule has 3 heterocycles. The number of carbonyl (C=O) groups is 1. The van der Waals surface area contributed by atoms with Gasteiger partial charge in [-0.25, -0.2) is 14.8 Å². The lowest BCUT2D eigenvalue weighted by Crippen LogP contribution is -2.31. The van der Waals surface area contributed by atoms with E-state index in [9.17, 15) is 18.3 Å². The van der Waals surface area contributed by atoms with Gasteiger partial charge in [-0.15, -0.1) is 0 Å². The van der Waals surface area contributed by atoms with E-state index in [4.69, 9.17) is 26.5 Å². The summed E-state index contributed by atoms with van der Waals surface area (Å²) in [6, 6.07) is 19.5. The number of carboxylic acid groups (broad SMARTS) is 1. The number of aryl methyl sites for hydroxylation is 1. The van der Waals surface area contributed by atoms with Crippen LogP contribution in [0.4, 0.5) is 19.0 Å². The molecule has 224 valence electrons. The maximum atomic E-state index is 12.3. The summed E-state index contributed by atoms with van der Waals surface area (Å²) in [4.78, 5) is 24.6. The number of alkyl halides is 3. The van der Waals surface area contributed by atoms with Crippen molar-refractivity contribution in [1.29, 1.82) is 0 Å². The first kappa shape index (κ1) is 31.5. The fourth-order valence-electron chi connectivity index (χ4n) is 4.81. The van der Waals surface area contributed by atoms with E-state index in [0.717, 1.165) is 40.9 Å². The molecule has 1 unspecified atom stereocenters. The summed E-state index contributed by atoms with van der Waals surface area (Å²) in [5.41, 5.74) is 3.19. The normalized spacial score (nSPS) is 12.7. The van der Waals surface area contributed by atoms with Crippen molar-refractivity contribution in [3.8, 4) is 11.1 Å². The number of rotatable bonds is 7. The number of benzene rings is 2. The molecule has 0 spiro atoms. The van der Waals surface area contributed by atoms with E-state index in [2.05, 4.69) is 40.8 Å². The van der Waals surface area contributed by atoms with Gasteiger partial charge in [0, 0.05) is 43.5 Å². The molecule has 0 aliphatic carbocycles. The van der Waals surface area contributed by atoms with Crippen molar-refractivity contribution in [3.05, 3.63) is 107 Å². The van der Waals surface area contributed by atoms with Crippen LogP contribution in [0.15, 0.2) is 85.6 Å². The van der Waals surface area contributed by atoms with Crippen molar-refractivity contribution < 1.29 is 28.2 Å². The van der Waals surface area contributed by atoms with E-state index < -0.39 is 17.7 Å². The highest BCUT2D eigenvalue weighted by Crippen LogP contribution is 2.43.